The smallest absolute Gasteiger partial charge is 0.287 e. The van der Waals surface area contributed by atoms with Crippen LogP contribution in [0.3, 0.4) is 0 Å². The van der Waals surface area contributed by atoms with E-state index in [1.54, 1.807) is 18.2 Å². The van der Waals surface area contributed by atoms with Crippen molar-refractivity contribution in [1.29, 1.82) is 0 Å². The third-order valence-electron chi connectivity index (χ3n) is 2.72. The summed E-state index contributed by atoms with van der Waals surface area (Å²) in [6, 6.07) is 6.07. The molecule has 2 aromatic rings. The van der Waals surface area contributed by atoms with Crippen LogP contribution in [0.5, 0.6) is 11.5 Å². The molecule has 20 heavy (non-hydrogen) atoms. The van der Waals surface area contributed by atoms with E-state index in [1.807, 2.05) is 0 Å². The molecule has 104 valence electrons. The van der Waals surface area contributed by atoms with Gasteiger partial charge < -0.3 is 13.9 Å². The van der Waals surface area contributed by atoms with Crippen molar-refractivity contribution in [3.63, 3.8) is 0 Å². The predicted molar refractivity (Wildman–Crippen MR) is 73.7 cm³/mol. The molecule has 0 N–H and O–H groups in total. The number of hydrogen-bond donors (Lipinski definition) is 0. The predicted octanol–water partition coefficient (Wildman–Crippen LogP) is 2.70. The molecule has 0 bridgehead atoms. The zero-order valence-corrected chi connectivity index (χ0v) is 11.6. The Labute approximate surface area is 119 Å². The van der Waals surface area contributed by atoms with Crippen molar-refractivity contribution < 1.29 is 18.7 Å². The fraction of sp³-hybridized carbons (Fsp3) is 0.143. The van der Waals surface area contributed by atoms with E-state index in [9.17, 15) is 9.59 Å². The first kappa shape index (κ1) is 14.1. The summed E-state index contributed by atoms with van der Waals surface area (Å²) in [5.74, 6) is 0.844. The summed E-state index contributed by atoms with van der Waals surface area (Å²) in [5, 5.41) is -0.819. The number of carbonyl (C=O) groups is 1. The van der Waals surface area contributed by atoms with Crippen molar-refractivity contribution >= 4 is 16.8 Å². The molecule has 0 radical (unpaired) electrons. The number of hydrogen-bond acceptors (Lipinski definition) is 5. The molecule has 1 aromatic heterocycles. The van der Waals surface area contributed by atoms with Gasteiger partial charge in [0, 0.05) is 6.07 Å². The van der Waals surface area contributed by atoms with Crippen LogP contribution in [0.2, 0.25) is 0 Å². The first-order valence-corrected chi connectivity index (χ1v) is 5.99. The van der Waals surface area contributed by atoms with Crippen molar-refractivity contribution in [3.8, 4) is 22.6 Å². The quantitative estimate of drug-likeness (QED) is 0.811. The molecule has 1 heterocycles. The second-order valence-corrected chi connectivity index (χ2v) is 4.21. The SMILES string of the molecule is COc1ccc(-c2coc(C(=O)Cl)cc2=O)cc1OC. The number of ether oxygens (including phenoxy) is 2. The van der Waals surface area contributed by atoms with Crippen LogP contribution in [0, 0.1) is 0 Å². The molecule has 0 amide bonds. The van der Waals surface area contributed by atoms with E-state index >= 15 is 0 Å². The molecular weight excluding hydrogens is 284 g/mol. The van der Waals surface area contributed by atoms with E-state index in [-0.39, 0.29) is 11.2 Å². The van der Waals surface area contributed by atoms with Gasteiger partial charge in [0.15, 0.2) is 22.7 Å². The Hall–Kier alpha value is -2.27. The highest BCUT2D eigenvalue weighted by atomic mass is 35.5. The van der Waals surface area contributed by atoms with Crippen LogP contribution in [-0.4, -0.2) is 19.5 Å². The van der Waals surface area contributed by atoms with E-state index in [0.29, 0.717) is 22.6 Å². The maximum atomic E-state index is 12.0. The van der Waals surface area contributed by atoms with Gasteiger partial charge in [0.1, 0.15) is 6.26 Å². The average Bonchev–Trinajstić information content (AvgIpc) is 2.46. The second-order valence-electron chi connectivity index (χ2n) is 3.87. The highest BCUT2D eigenvalue weighted by molar-refractivity contribution is 6.67. The third kappa shape index (κ3) is 2.67. The van der Waals surface area contributed by atoms with Crippen LogP contribution in [0.15, 0.2) is 39.7 Å². The molecule has 5 nitrogen and oxygen atoms in total. The Morgan fingerprint density at radius 2 is 1.85 bits per heavy atom. The van der Waals surface area contributed by atoms with Crippen molar-refractivity contribution in [1.82, 2.24) is 0 Å². The van der Waals surface area contributed by atoms with E-state index < -0.39 is 5.24 Å². The van der Waals surface area contributed by atoms with Gasteiger partial charge in [0.05, 0.1) is 19.8 Å². The Balaban J connectivity index is 2.52. The summed E-state index contributed by atoms with van der Waals surface area (Å²) >= 11 is 5.25. The normalized spacial score (nSPS) is 10.2. The van der Waals surface area contributed by atoms with E-state index in [4.69, 9.17) is 25.5 Å². The molecule has 0 saturated heterocycles. The molecule has 0 fully saturated rings. The molecule has 0 spiro atoms. The standard InChI is InChI=1S/C14H11ClO5/c1-18-11-4-3-8(5-12(11)19-2)9-7-20-13(14(15)17)6-10(9)16/h3-7H,1-2H3. The van der Waals surface area contributed by atoms with Crippen LogP contribution in [0.25, 0.3) is 11.1 Å². The molecule has 1 aromatic carbocycles. The number of rotatable bonds is 4. The lowest BCUT2D eigenvalue weighted by atomic mass is 10.1. The van der Waals surface area contributed by atoms with Gasteiger partial charge in [-0.15, -0.1) is 0 Å². The maximum absolute atomic E-state index is 12.0. The monoisotopic (exact) mass is 294 g/mol. The Bertz CT molecular complexity index is 705. The molecule has 0 aliphatic carbocycles. The molecular formula is C14H11ClO5. The average molecular weight is 295 g/mol. The first-order chi connectivity index (χ1) is 9.56. The van der Waals surface area contributed by atoms with Crippen molar-refractivity contribution in [2.45, 2.75) is 0 Å². The topological polar surface area (TPSA) is 65.7 Å². The minimum absolute atomic E-state index is 0.194. The van der Waals surface area contributed by atoms with Crippen LogP contribution in [0.1, 0.15) is 10.6 Å². The van der Waals surface area contributed by atoms with Crippen LogP contribution < -0.4 is 14.9 Å². The molecule has 0 saturated carbocycles. The van der Waals surface area contributed by atoms with Crippen LogP contribution in [0.4, 0.5) is 0 Å². The lowest BCUT2D eigenvalue weighted by Gasteiger charge is -2.09. The zero-order chi connectivity index (χ0) is 14.7. The number of benzene rings is 1. The van der Waals surface area contributed by atoms with Gasteiger partial charge in [0.2, 0.25) is 0 Å². The van der Waals surface area contributed by atoms with Crippen LogP contribution in [-0.2, 0) is 0 Å². The largest absolute Gasteiger partial charge is 0.493 e. The highest BCUT2D eigenvalue weighted by Crippen LogP contribution is 2.31. The van der Waals surface area contributed by atoms with Gasteiger partial charge in [0.25, 0.3) is 5.24 Å². The van der Waals surface area contributed by atoms with Gasteiger partial charge in [-0.25, -0.2) is 0 Å². The van der Waals surface area contributed by atoms with Crippen molar-refractivity contribution in [2.75, 3.05) is 14.2 Å². The fourth-order valence-corrected chi connectivity index (χ4v) is 1.83. The summed E-state index contributed by atoms with van der Waals surface area (Å²) < 4.78 is 15.3. The summed E-state index contributed by atoms with van der Waals surface area (Å²) in [5.41, 5.74) is 0.519. The Morgan fingerprint density at radius 1 is 1.15 bits per heavy atom. The Kier molecular flexibility index (Phi) is 4.10. The van der Waals surface area contributed by atoms with Gasteiger partial charge in [-0.2, -0.15) is 0 Å². The van der Waals surface area contributed by atoms with E-state index in [2.05, 4.69) is 0 Å². The molecule has 0 atom stereocenters. The molecule has 6 heteroatoms. The van der Waals surface area contributed by atoms with Gasteiger partial charge in [-0.1, -0.05) is 6.07 Å². The lowest BCUT2D eigenvalue weighted by molar-refractivity contribution is 0.105. The summed E-state index contributed by atoms with van der Waals surface area (Å²) in [6.07, 6.45) is 1.19. The molecule has 2 rings (SSSR count). The van der Waals surface area contributed by atoms with Crippen molar-refractivity contribution in [3.05, 3.63) is 46.5 Å². The summed E-state index contributed by atoms with van der Waals surface area (Å²) in [4.78, 5) is 22.9. The van der Waals surface area contributed by atoms with Gasteiger partial charge >= 0.3 is 0 Å². The van der Waals surface area contributed by atoms with Gasteiger partial charge in [-0.3, -0.25) is 9.59 Å². The van der Waals surface area contributed by atoms with Gasteiger partial charge in [-0.05, 0) is 29.3 Å². The number of methoxy groups -OCH3 is 2. The minimum Gasteiger partial charge on any atom is -0.493 e. The minimum atomic E-state index is -0.819. The lowest BCUT2D eigenvalue weighted by Crippen LogP contribution is -2.06. The third-order valence-corrected chi connectivity index (χ3v) is 2.91. The van der Waals surface area contributed by atoms with E-state index in [1.165, 1.54) is 20.5 Å². The Morgan fingerprint density at radius 3 is 2.40 bits per heavy atom. The van der Waals surface area contributed by atoms with E-state index in [0.717, 1.165) is 6.07 Å². The molecule has 0 aliphatic heterocycles. The highest BCUT2D eigenvalue weighted by Gasteiger charge is 2.12. The molecule has 0 aliphatic rings. The maximum Gasteiger partial charge on any atom is 0.287 e. The number of halogens is 1. The summed E-state index contributed by atoms with van der Waals surface area (Å²) in [7, 11) is 3.02. The van der Waals surface area contributed by atoms with Crippen LogP contribution >= 0.6 is 11.6 Å². The summed E-state index contributed by atoms with van der Waals surface area (Å²) in [6.45, 7) is 0. The second kappa shape index (κ2) is 5.79. The number of carbonyl (C=O) groups excluding carboxylic acids is 1. The zero-order valence-electron chi connectivity index (χ0n) is 10.8. The fourth-order valence-electron chi connectivity index (χ4n) is 1.73. The first-order valence-electron chi connectivity index (χ1n) is 5.62. The molecule has 0 unspecified atom stereocenters. The van der Waals surface area contributed by atoms with Crippen molar-refractivity contribution in [2.24, 2.45) is 0 Å².